The van der Waals surface area contributed by atoms with Crippen molar-refractivity contribution in [3.63, 3.8) is 0 Å². The Morgan fingerprint density at radius 3 is 0.968 bits per heavy atom. The molecule has 0 saturated carbocycles. The molecule has 0 aromatic carbocycles. The third-order valence-electron chi connectivity index (χ3n) is 11.9. The maximum absolute atomic E-state index is 12.8. The largest absolute Gasteiger partial charge is 0.462 e. The van der Waals surface area contributed by atoms with Gasteiger partial charge >= 0.3 is 17.9 Å². The summed E-state index contributed by atoms with van der Waals surface area (Å²) in [6.45, 7) is 6.51. The van der Waals surface area contributed by atoms with Gasteiger partial charge in [-0.05, 0) is 38.5 Å². The van der Waals surface area contributed by atoms with E-state index in [9.17, 15) is 14.4 Å². The van der Waals surface area contributed by atoms with E-state index in [2.05, 4.69) is 51.2 Å². The Hall–Kier alpha value is -2.63. The molecule has 0 aromatic heterocycles. The first-order valence-corrected chi connectivity index (χ1v) is 27.2. The van der Waals surface area contributed by atoms with E-state index in [4.69, 9.17) is 14.2 Å². The SMILES string of the molecule is CC\C=C/C=C\C=C/C=C\CCCCCCCC(=O)OC(COC(=O)CCCCCCCCCCCCCCC)COC(=O)CCCCCCCCCCCCCCCCCCC. The minimum atomic E-state index is -0.781. The van der Waals surface area contributed by atoms with Gasteiger partial charge in [-0.1, -0.05) is 268 Å². The highest BCUT2D eigenvalue weighted by atomic mass is 16.6. The van der Waals surface area contributed by atoms with Crippen LogP contribution in [0.15, 0.2) is 48.6 Å². The van der Waals surface area contributed by atoms with Crippen molar-refractivity contribution in [1.82, 2.24) is 0 Å². The molecule has 0 amide bonds. The van der Waals surface area contributed by atoms with Gasteiger partial charge in [0.15, 0.2) is 6.10 Å². The average molecular weight is 883 g/mol. The second kappa shape index (κ2) is 52.0. The van der Waals surface area contributed by atoms with Crippen molar-refractivity contribution in [2.24, 2.45) is 0 Å². The monoisotopic (exact) mass is 883 g/mol. The molecule has 1 unspecified atom stereocenters. The first-order chi connectivity index (χ1) is 31.0. The molecule has 0 aliphatic carbocycles. The molecule has 0 saturated heterocycles. The van der Waals surface area contributed by atoms with Crippen LogP contribution in [0, 0.1) is 0 Å². The average Bonchev–Trinajstić information content (AvgIpc) is 3.28. The van der Waals surface area contributed by atoms with Crippen LogP contribution < -0.4 is 0 Å². The van der Waals surface area contributed by atoms with E-state index >= 15 is 0 Å². The summed E-state index contributed by atoms with van der Waals surface area (Å²) in [6.07, 6.45) is 62.4. The highest BCUT2D eigenvalue weighted by Crippen LogP contribution is 2.16. The lowest BCUT2D eigenvalue weighted by Crippen LogP contribution is -2.30. The summed E-state index contributed by atoms with van der Waals surface area (Å²) in [5, 5.41) is 0. The van der Waals surface area contributed by atoms with Crippen LogP contribution in [0.5, 0.6) is 0 Å². The Bertz CT molecular complexity index is 1110. The molecule has 0 radical (unpaired) electrons. The molecule has 0 heterocycles. The summed E-state index contributed by atoms with van der Waals surface area (Å²) in [6, 6.07) is 0. The maximum Gasteiger partial charge on any atom is 0.306 e. The lowest BCUT2D eigenvalue weighted by molar-refractivity contribution is -0.167. The highest BCUT2D eigenvalue weighted by Gasteiger charge is 2.19. The fourth-order valence-corrected chi connectivity index (χ4v) is 7.87. The predicted molar refractivity (Wildman–Crippen MR) is 270 cm³/mol. The van der Waals surface area contributed by atoms with Gasteiger partial charge in [-0.3, -0.25) is 14.4 Å². The third kappa shape index (κ3) is 50.2. The molecule has 0 spiro atoms. The molecule has 1 atom stereocenters. The van der Waals surface area contributed by atoms with Gasteiger partial charge in [-0.15, -0.1) is 0 Å². The molecule has 63 heavy (non-hydrogen) atoms. The van der Waals surface area contributed by atoms with E-state index in [0.717, 1.165) is 83.5 Å². The fraction of sp³-hybridized carbons (Fsp3) is 0.807. The van der Waals surface area contributed by atoms with Crippen molar-refractivity contribution in [3.05, 3.63) is 48.6 Å². The lowest BCUT2D eigenvalue weighted by Gasteiger charge is -2.18. The minimum absolute atomic E-state index is 0.0789. The number of unbranched alkanes of at least 4 members (excludes halogenated alkanes) is 33. The van der Waals surface area contributed by atoms with Gasteiger partial charge in [0.2, 0.25) is 0 Å². The van der Waals surface area contributed by atoms with Crippen molar-refractivity contribution < 1.29 is 28.6 Å². The number of hydrogen-bond donors (Lipinski definition) is 0. The second-order valence-corrected chi connectivity index (χ2v) is 18.2. The zero-order valence-electron chi connectivity index (χ0n) is 41.8. The number of ether oxygens (including phenoxy) is 3. The van der Waals surface area contributed by atoms with Gasteiger partial charge < -0.3 is 14.2 Å². The molecule has 0 aliphatic heterocycles. The summed E-state index contributed by atoms with van der Waals surface area (Å²) in [7, 11) is 0. The van der Waals surface area contributed by atoms with Crippen LogP contribution >= 0.6 is 0 Å². The molecule has 0 rings (SSSR count). The normalized spacial score (nSPS) is 12.4. The van der Waals surface area contributed by atoms with E-state index in [1.54, 1.807) is 0 Å². The van der Waals surface area contributed by atoms with Crippen molar-refractivity contribution >= 4 is 17.9 Å². The number of hydrogen-bond acceptors (Lipinski definition) is 6. The third-order valence-corrected chi connectivity index (χ3v) is 11.9. The summed E-state index contributed by atoms with van der Waals surface area (Å²) in [4.78, 5) is 38.0. The number of carbonyl (C=O) groups is 3. The van der Waals surface area contributed by atoms with Crippen molar-refractivity contribution in [2.75, 3.05) is 13.2 Å². The van der Waals surface area contributed by atoms with Crippen LogP contribution in [0.2, 0.25) is 0 Å². The zero-order valence-corrected chi connectivity index (χ0v) is 41.8. The van der Waals surface area contributed by atoms with E-state index in [1.807, 2.05) is 18.2 Å². The minimum Gasteiger partial charge on any atom is -0.462 e. The molecule has 366 valence electrons. The summed E-state index contributed by atoms with van der Waals surface area (Å²) in [5.74, 6) is -0.889. The standard InChI is InChI=1S/C57H102O6/c1-4-7-10-13-16-19-22-25-27-28-30-32-35-38-41-44-47-50-56(59)62-53-54(52-61-55(58)49-46-43-40-37-34-31-24-21-18-15-12-9-6-3)63-57(60)51-48-45-42-39-36-33-29-26-23-20-17-14-11-8-5-2/h8,11,14,17,20,23,26,29,54H,4-7,9-10,12-13,15-16,18-19,21-22,24-25,27-28,30-53H2,1-3H3/b11-8-,17-14-,23-20-,29-26-. The van der Waals surface area contributed by atoms with Gasteiger partial charge in [0.1, 0.15) is 13.2 Å². The smallest absolute Gasteiger partial charge is 0.306 e. The van der Waals surface area contributed by atoms with Crippen LogP contribution in [0.4, 0.5) is 0 Å². The summed E-state index contributed by atoms with van der Waals surface area (Å²) in [5.41, 5.74) is 0. The molecular formula is C57H102O6. The first kappa shape index (κ1) is 60.4. The molecule has 6 heteroatoms. The lowest BCUT2D eigenvalue weighted by atomic mass is 10.0. The van der Waals surface area contributed by atoms with E-state index in [-0.39, 0.29) is 31.1 Å². The van der Waals surface area contributed by atoms with Gasteiger partial charge in [-0.2, -0.15) is 0 Å². The summed E-state index contributed by atoms with van der Waals surface area (Å²) < 4.78 is 16.8. The van der Waals surface area contributed by atoms with E-state index < -0.39 is 6.10 Å². The molecule has 0 fully saturated rings. The van der Waals surface area contributed by atoms with Gasteiger partial charge in [-0.25, -0.2) is 0 Å². The van der Waals surface area contributed by atoms with Crippen molar-refractivity contribution in [2.45, 2.75) is 284 Å². The van der Waals surface area contributed by atoms with Gasteiger partial charge in [0.05, 0.1) is 0 Å². The quantitative estimate of drug-likeness (QED) is 0.0262. The number of esters is 3. The maximum atomic E-state index is 12.8. The van der Waals surface area contributed by atoms with Crippen molar-refractivity contribution in [1.29, 1.82) is 0 Å². The van der Waals surface area contributed by atoms with Crippen LogP contribution in [0.1, 0.15) is 278 Å². The fourth-order valence-electron chi connectivity index (χ4n) is 7.87. The second-order valence-electron chi connectivity index (χ2n) is 18.2. The Morgan fingerprint density at radius 1 is 0.333 bits per heavy atom. The topological polar surface area (TPSA) is 78.9 Å². The van der Waals surface area contributed by atoms with Gasteiger partial charge in [0.25, 0.3) is 0 Å². The van der Waals surface area contributed by atoms with E-state index in [1.165, 1.54) is 154 Å². The van der Waals surface area contributed by atoms with Crippen LogP contribution in [-0.2, 0) is 28.6 Å². The van der Waals surface area contributed by atoms with Crippen LogP contribution in [0.25, 0.3) is 0 Å². The summed E-state index contributed by atoms with van der Waals surface area (Å²) >= 11 is 0. The Balaban J connectivity index is 4.37. The Labute approximate surface area is 390 Å². The molecule has 0 aromatic rings. The van der Waals surface area contributed by atoms with Crippen molar-refractivity contribution in [3.8, 4) is 0 Å². The number of rotatable bonds is 49. The number of carbonyl (C=O) groups excluding carboxylic acids is 3. The molecule has 0 bridgehead atoms. The first-order valence-electron chi connectivity index (χ1n) is 27.2. The Kier molecular flexibility index (Phi) is 49.8. The molecule has 0 aliphatic rings. The van der Waals surface area contributed by atoms with Crippen LogP contribution in [0.3, 0.4) is 0 Å². The van der Waals surface area contributed by atoms with Gasteiger partial charge in [0, 0.05) is 19.3 Å². The zero-order chi connectivity index (χ0) is 45.8. The molecule has 6 nitrogen and oxygen atoms in total. The van der Waals surface area contributed by atoms with E-state index in [0.29, 0.717) is 19.3 Å². The molecule has 0 N–H and O–H groups in total. The highest BCUT2D eigenvalue weighted by molar-refractivity contribution is 5.71. The predicted octanol–water partition coefficient (Wildman–Crippen LogP) is 17.9. The van der Waals surface area contributed by atoms with Crippen LogP contribution in [-0.4, -0.2) is 37.2 Å². The molecular weight excluding hydrogens is 781 g/mol. The Morgan fingerprint density at radius 2 is 0.619 bits per heavy atom. The number of allylic oxidation sites excluding steroid dienone is 8.